The van der Waals surface area contributed by atoms with Gasteiger partial charge in [0.15, 0.2) is 11.6 Å². The van der Waals surface area contributed by atoms with Crippen LogP contribution in [0.4, 0.5) is 5.82 Å². The molecule has 1 N–H and O–H groups in total. The Balaban J connectivity index is 1.64. The van der Waals surface area contributed by atoms with Crippen LogP contribution >= 0.6 is 0 Å². The van der Waals surface area contributed by atoms with Crippen LogP contribution in [0.1, 0.15) is 23.6 Å². The number of ether oxygens (including phenoxy) is 2. The van der Waals surface area contributed by atoms with Crippen LogP contribution in [0.15, 0.2) is 60.8 Å². The zero-order chi connectivity index (χ0) is 24.1. The number of carbonyl (C=O) groups is 1. The van der Waals surface area contributed by atoms with Crippen molar-refractivity contribution in [2.45, 2.75) is 13.8 Å². The first-order valence-corrected chi connectivity index (χ1v) is 10.7. The van der Waals surface area contributed by atoms with E-state index in [0.717, 1.165) is 22.3 Å². The fourth-order valence-corrected chi connectivity index (χ4v) is 3.54. The summed E-state index contributed by atoms with van der Waals surface area (Å²) in [5.41, 5.74) is 2.69. The summed E-state index contributed by atoms with van der Waals surface area (Å²) >= 11 is 0. The molecule has 0 spiro atoms. The minimum absolute atomic E-state index is 0.224. The quantitative estimate of drug-likeness (QED) is 0.408. The number of aromatic nitrogens is 3. The first-order valence-electron chi connectivity index (χ1n) is 10.7. The van der Waals surface area contributed by atoms with Gasteiger partial charge in [-0.05, 0) is 55.3 Å². The highest BCUT2D eigenvalue weighted by atomic mass is 16.5. The van der Waals surface area contributed by atoms with E-state index < -0.39 is 5.91 Å². The summed E-state index contributed by atoms with van der Waals surface area (Å²) in [5.74, 6) is 1.69. The molecule has 170 valence electrons. The van der Waals surface area contributed by atoms with Gasteiger partial charge in [0.25, 0.3) is 0 Å². The molecule has 1 amide bonds. The van der Waals surface area contributed by atoms with Crippen LogP contribution in [-0.4, -0.2) is 34.4 Å². The third-order valence-electron chi connectivity index (χ3n) is 5.18. The monoisotopic (exact) mass is 453 g/mol. The Hall–Kier alpha value is -4.64. The van der Waals surface area contributed by atoms with E-state index in [4.69, 9.17) is 14.5 Å². The van der Waals surface area contributed by atoms with E-state index in [1.54, 1.807) is 13.2 Å². The van der Waals surface area contributed by atoms with Gasteiger partial charge in [0, 0.05) is 11.5 Å². The van der Waals surface area contributed by atoms with Crippen LogP contribution in [0.2, 0.25) is 0 Å². The summed E-state index contributed by atoms with van der Waals surface area (Å²) < 4.78 is 12.3. The van der Waals surface area contributed by atoms with Gasteiger partial charge in [0.2, 0.25) is 5.91 Å². The predicted molar refractivity (Wildman–Crippen MR) is 130 cm³/mol. The van der Waals surface area contributed by atoms with Crippen molar-refractivity contribution in [3.8, 4) is 23.4 Å². The summed E-state index contributed by atoms with van der Waals surface area (Å²) in [6, 6.07) is 17.0. The van der Waals surface area contributed by atoms with Crippen molar-refractivity contribution in [3.63, 3.8) is 0 Å². The Morgan fingerprint density at radius 2 is 2.03 bits per heavy atom. The fraction of sp³-hybridized carbons (Fsp3) is 0.154. The minimum atomic E-state index is -0.401. The van der Waals surface area contributed by atoms with E-state index in [0.29, 0.717) is 23.7 Å². The molecule has 0 fully saturated rings. The number of hydrogen-bond acceptors (Lipinski definition) is 6. The number of benzene rings is 2. The molecule has 4 aromatic rings. The van der Waals surface area contributed by atoms with Gasteiger partial charge in [-0.1, -0.05) is 24.3 Å². The van der Waals surface area contributed by atoms with Gasteiger partial charge in [-0.2, -0.15) is 15.0 Å². The highest BCUT2D eigenvalue weighted by molar-refractivity contribution is 6.02. The van der Waals surface area contributed by atoms with Crippen LogP contribution in [0, 0.1) is 18.3 Å². The highest BCUT2D eigenvalue weighted by Crippen LogP contribution is 2.29. The van der Waals surface area contributed by atoms with Gasteiger partial charge in [0.05, 0.1) is 19.9 Å². The zero-order valence-corrected chi connectivity index (χ0v) is 19.1. The number of para-hydroxylation sites is 1. The number of rotatable bonds is 7. The Labute approximate surface area is 197 Å². The van der Waals surface area contributed by atoms with Crippen LogP contribution in [0.25, 0.3) is 22.8 Å². The number of carbonyl (C=O) groups excluding carboxylic acids is 1. The number of nitrogens with one attached hydrogen (secondary N) is 1. The van der Waals surface area contributed by atoms with Crippen molar-refractivity contribution in [2.75, 3.05) is 19.0 Å². The molecule has 0 radical (unpaired) electrons. The number of aryl methyl sites for hydroxylation is 1. The summed E-state index contributed by atoms with van der Waals surface area (Å²) in [7, 11) is 1.59. The van der Waals surface area contributed by atoms with Crippen molar-refractivity contribution in [2.24, 2.45) is 0 Å². The molecule has 0 saturated heterocycles. The molecule has 4 rings (SSSR count). The number of fused-ring (bicyclic) bond motifs is 1. The second kappa shape index (κ2) is 9.88. The van der Waals surface area contributed by atoms with Crippen molar-refractivity contribution < 1.29 is 14.3 Å². The summed E-state index contributed by atoms with van der Waals surface area (Å²) in [5, 5.41) is 17.6. The number of nitriles is 1. The molecule has 2 aromatic heterocycles. The van der Waals surface area contributed by atoms with Crippen LogP contribution < -0.4 is 14.8 Å². The van der Waals surface area contributed by atoms with Crippen molar-refractivity contribution >= 4 is 28.7 Å². The van der Waals surface area contributed by atoms with Gasteiger partial charge in [-0.25, -0.2) is 4.98 Å². The standard InChI is InChI=1S/C26H23N5O3/c1-4-34-20-11-8-18(9-12-20)10-13-24(32)30-26-19(15-27)16-28-31(26)23-14-17(2)21-6-5-7-22(33-3)25(21)29-23/h5-14,16H,4H2,1-3H3,(H,30,32)/b13-10+. The normalized spacial score (nSPS) is 10.9. The number of nitrogens with zero attached hydrogens (tertiary/aromatic N) is 4. The number of pyridine rings is 1. The Morgan fingerprint density at radius 1 is 1.24 bits per heavy atom. The maximum absolute atomic E-state index is 12.7. The molecule has 2 aromatic carbocycles. The molecule has 8 nitrogen and oxygen atoms in total. The SMILES string of the molecule is CCOc1ccc(/C=C/C(=O)Nc2c(C#N)cnn2-c2cc(C)c3cccc(OC)c3n2)cc1. The third-order valence-corrected chi connectivity index (χ3v) is 5.18. The number of hydrogen-bond donors (Lipinski definition) is 1. The molecule has 0 aliphatic carbocycles. The van der Waals surface area contributed by atoms with E-state index in [2.05, 4.69) is 16.5 Å². The number of amides is 1. The Kier molecular flexibility index (Phi) is 6.55. The van der Waals surface area contributed by atoms with Crippen LogP contribution in [0.3, 0.4) is 0 Å². The minimum Gasteiger partial charge on any atom is -0.494 e. The summed E-state index contributed by atoms with van der Waals surface area (Å²) in [6.07, 6.45) is 4.48. The molecular formula is C26H23N5O3. The van der Waals surface area contributed by atoms with Gasteiger partial charge in [-0.15, -0.1) is 0 Å². The molecule has 2 heterocycles. The van der Waals surface area contributed by atoms with Crippen molar-refractivity contribution in [1.82, 2.24) is 14.8 Å². The first kappa shape index (κ1) is 22.6. The van der Waals surface area contributed by atoms with E-state index in [-0.39, 0.29) is 11.4 Å². The molecular weight excluding hydrogens is 430 g/mol. The lowest BCUT2D eigenvalue weighted by atomic mass is 10.1. The van der Waals surface area contributed by atoms with E-state index in [1.165, 1.54) is 17.0 Å². The topological polar surface area (TPSA) is 102 Å². The average molecular weight is 454 g/mol. The first-order chi connectivity index (χ1) is 16.5. The Morgan fingerprint density at radius 3 is 2.74 bits per heavy atom. The molecule has 8 heteroatoms. The third kappa shape index (κ3) is 4.59. The lowest BCUT2D eigenvalue weighted by Crippen LogP contribution is -2.14. The molecule has 0 aliphatic rings. The van der Waals surface area contributed by atoms with Gasteiger partial charge >= 0.3 is 0 Å². The van der Waals surface area contributed by atoms with Gasteiger partial charge in [-0.3, -0.25) is 4.79 Å². The fourth-order valence-electron chi connectivity index (χ4n) is 3.54. The van der Waals surface area contributed by atoms with E-state index in [9.17, 15) is 10.1 Å². The van der Waals surface area contributed by atoms with Gasteiger partial charge < -0.3 is 14.8 Å². The molecule has 0 saturated carbocycles. The maximum Gasteiger partial charge on any atom is 0.249 e. The second-order valence-corrected chi connectivity index (χ2v) is 7.41. The predicted octanol–water partition coefficient (Wildman–Crippen LogP) is 4.66. The molecule has 34 heavy (non-hydrogen) atoms. The Bertz CT molecular complexity index is 1420. The largest absolute Gasteiger partial charge is 0.494 e. The smallest absolute Gasteiger partial charge is 0.249 e. The molecule has 0 bridgehead atoms. The zero-order valence-electron chi connectivity index (χ0n) is 19.1. The lowest BCUT2D eigenvalue weighted by Gasteiger charge is -2.12. The average Bonchev–Trinajstić information content (AvgIpc) is 3.25. The van der Waals surface area contributed by atoms with Crippen LogP contribution in [0.5, 0.6) is 11.5 Å². The van der Waals surface area contributed by atoms with Gasteiger partial charge in [0.1, 0.15) is 28.6 Å². The van der Waals surface area contributed by atoms with Crippen molar-refractivity contribution in [3.05, 3.63) is 77.5 Å². The number of anilines is 1. The molecule has 0 unspecified atom stereocenters. The summed E-state index contributed by atoms with van der Waals surface area (Å²) in [6.45, 7) is 4.47. The van der Waals surface area contributed by atoms with E-state index in [1.807, 2.05) is 62.4 Å². The highest BCUT2D eigenvalue weighted by Gasteiger charge is 2.17. The molecule has 0 aliphatic heterocycles. The number of methoxy groups -OCH3 is 1. The van der Waals surface area contributed by atoms with Crippen molar-refractivity contribution in [1.29, 1.82) is 5.26 Å². The second-order valence-electron chi connectivity index (χ2n) is 7.41. The lowest BCUT2D eigenvalue weighted by molar-refractivity contribution is -0.111. The molecule has 0 atom stereocenters. The summed E-state index contributed by atoms with van der Waals surface area (Å²) in [4.78, 5) is 17.4. The van der Waals surface area contributed by atoms with E-state index >= 15 is 0 Å². The maximum atomic E-state index is 12.7. The van der Waals surface area contributed by atoms with Crippen LogP contribution in [-0.2, 0) is 4.79 Å².